The van der Waals surface area contributed by atoms with Crippen molar-refractivity contribution in [2.45, 2.75) is 0 Å². The van der Waals surface area contributed by atoms with E-state index in [1.165, 1.54) is 87.6 Å². The standard InChI is InChI=1S/C51H32N2/c1-3-16-33(17-4-1)47-39-24-11-12-25-40(39)48(34-18-5-2-6-19-34)51-43-29-30-44(41-26-15-27-42(49(41)43)50(47)51)53(46-28-13-14-31-52-46)45-32-35-20-7-8-21-36(35)37-22-9-10-23-38(37)45/h1-32H. The quantitative estimate of drug-likeness (QED) is 0.169. The van der Waals surface area contributed by atoms with E-state index in [-0.39, 0.29) is 0 Å². The van der Waals surface area contributed by atoms with Crippen LogP contribution in [0.25, 0.3) is 87.6 Å². The van der Waals surface area contributed by atoms with Gasteiger partial charge in [-0.05, 0) is 101 Å². The van der Waals surface area contributed by atoms with Gasteiger partial charge in [0.25, 0.3) is 0 Å². The Balaban J connectivity index is 1.27. The van der Waals surface area contributed by atoms with E-state index in [1.54, 1.807) is 0 Å². The second-order valence-corrected chi connectivity index (χ2v) is 13.8. The first kappa shape index (κ1) is 29.7. The molecule has 0 unspecified atom stereocenters. The number of rotatable bonds is 5. The minimum Gasteiger partial charge on any atom is -0.294 e. The number of pyridine rings is 1. The highest BCUT2D eigenvalue weighted by atomic mass is 15.2. The van der Waals surface area contributed by atoms with Crippen LogP contribution in [0.4, 0.5) is 17.2 Å². The number of benzene rings is 9. The molecule has 0 saturated heterocycles. The van der Waals surface area contributed by atoms with Gasteiger partial charge in [0.1, 0.15) is 5.82 Å². The summed E-state index contributed by atoms with van der Waals surface area (Å²) in [5.74, 6) is 0.879. The zero-order valence-corrected chi connectivity index (χ0v) is 28.9. The topological polar surface area (TPSA) is 16.1 Å². The lowest BCUT2D eigenvalue weighted by Crippen LogP contribution is -2.12. The normalized spacial score (nSPS) is 11.8. The van der Waals surface area contributed by atoms with Crippen molar-refractivity contribution >= 4 is 60.3 Å². The second-order valence-electron chi connectivity index (χ2n) is 13.8. The molecule has 246 valence electrons. The van der Waals surface area contributed by atoms with Gasteiger partial charge in [-0.2, -0.15) is 0 Å². The molecule has 11 rings (SSSR count). The minimum atomic E-state index is 0.879. The van der Waals surface area contributed by atoms with Crippen molar-refractivity contribution in [2.24, 2.45) is 0 Å². The maximum atomic E-state index is 5.00. The molecule has 0 spiro atoms. The van der Waals surface area contributed by atoms with Gasteiger partial charge in [0, 0.05) is 17.0 Å². The molecule has 1 aliphatic rings. The highest BCUT2D eigenvalue weighted by Gasteiger charge is 2.32. The summed E-state index contributed by atoms with van der Waals surface area (Å²) in [4.78, 5) is 7.36. The van der Waals surface area contributed by atoms with Gasteiger partial charge in [-0.1, -0.05) is 164 Å². The van der Waals surface area contributed by atoms with E-state index in [0.717, 1.165) is 17.2 Å². The van der Waals surface area contributed by atoms with Gasteiger partial charge in [0.2, 0.25) is 0 Å². The van der Waals surface area contributed by atoms with Crippen LogP contribution in [0.2, 0.25) is 0 Å². The van der Waals surface area contributed by atoms with Gasteiger partial charge in [-0.3, -0.25) is 4.90 Å². The number of hydrogen-bond donors (Lipinski definition) is 0. The monoisotopic (exact) mass is 672 g/mol. The van der Waals surface area contributed by atoms with Gasteiger partial charge in [-0.15, -0.1) is 0 Å². The molecule has 0 amide bonds. The number of nitrogens with zero attached hydrogens (tertiary/aromatic N) is 2. The molecule has 0 bridgehead atoms. The summed E-state index contributed by atoms with van der Waals surface area (Å²) in [6.45, 7) is 0. The Morgan fingerprint density at radius 3 is 1.55 bits per heavy atom. The van der Waals surface area contributed by atoms with Crippen molar-refractivity contribution in [1.82, 2.24) is 4.98 Å². The predicted molar refractivity (Wildman–Crippen MR) is 224 cm³/mol. The fourth-order valence-corrected chi connectivity index (χ4v) is 8.87. The molecule has 0 radical (unpaired) electrons. The summed E-state index contributed by atoms with van der Waals surface area (Å²) >= 11 is 0. The van der Waals surface area contributed by atoms with E-state index in [4.69, 9.17) is 4.98 Å². The molecule has 1 heterocycles. The molecule has 53 heavy (non-hydrogen) atoms. The Kier molecular flexibility index (Phi) is 6.59. The van der Waals surface area contributed by atoms with Crippen LogP contribution in [0.1, 0.15) is 0 Å². The van der Waals surface area contributed by atoms with E-state index in [0.29, 0.717) is 0 Å². The van der Waals surface area contributed by atoms with Crippen molar-refractivity contribution in [2.75, 3.05) is 4.90 Å². The number of fused-ring (bicyclic) bond motifs is 7. The Hall–Kier alpha value is -7.03. The lowest BCUT2D eigenvalue weighted by Gasteiger charge is -2.28. The van der Waals surface area contributed by atoms with Crippen LogP contribution in [-0.4, -0.2) is 4.98 Å². The van der Waals surface area contributed by atoms with Crippen LogP contribution in [0, 0.1) is 0 Å². The first-order valence-electron chi connectivity index (χ1n) is 18.2. The Bertz CT molecular complexity index is 2950. The van der Waals surface area contributed by atoms with E-state index in [1.807, 2.05) is 12.3 Å². The highest BCUT2D eigenvalue weighted by Crippen LogP contribution is 2.59. The number of anilines is 3. The molecule has 0 fully saturated rings. The fourth-order valence-electron chi connectivity index (χ4n) is 8.87. The molecule has 10 aromatic rings. The molecule has 1 aliphatic carbocycles. The largest absolute Gasteiger partial charge is 0.294 e. The summed E-state index contributed by atoms with van der Waals surface area (Å²) < 4.78 is 0. The summed E-state index contributed by atoms with van der Waals surface area (Å²) in [7, 11) is 0. The first-order chi connectivity index (χ1) is 26.3. The van der Waals surface area contributed by atoms with Gasteiger partial charge < -0.3 is 0 Å². The van der Waals surface area contributed by atoms with Crippen LogP contribution in [0.15, 0.2) is 194 Å². The lowest BCUT2D eigenvalue weighted by molar-refractivity contribution is 1.20. The van der Waals surface area contributed by atoms with E-state index in [9.17, 15) is 0 Å². The average Bonchev–Trinajstić information content (AvgIpc) is 3.56. The van der Waals surface area contributed by atoms with Crippen molar-refractivity contribution in [1.29, 1.82) is 0 Å². The summed E-state index contributed by atoms with van der Waals surface area (Å²) in [6, 6.07) is 68.3. The van der Waals surface area contributed by atoms with Gasteiger partial charge in [0.05, 0.1) is 11.4 Å². The Morgan fingerprint density at radius 2 is 0.887 bits per heavy atom. The van der Waals surface area contributed by atoms with Gasteiger partial charge >= 0.3 is 0 Å². The van der Waals surface area contributed by atoms with Gasteiger partial charge in [-0.25, -0.2) is 4.98 Å². The molecule has 0 atom stereocenters. The first-order valence-corrected chi connectivity index (χ1v) is 18.2. The lowest BCUT2D eigenvalue weighted by atomic mass is 9.82. The Labute approximate surface area is 307 Å². The van der Waals surface area contributed by atoms with Crippen molar-refractivity contribution in [3.63, 3.8) is 0 Å². The van der Waals surface area contributed by atoms with E-state index in [2.05, 4.69) is 187 Å². The number of hydrogen-bond acceptors (Lipinski definition) is 2. The fraction of sp³-hybridized carbons (Fsp3) is 0. The second kappa shape index (κ2) is 11.8. The van der Waals surface area contributed by atoms with Crippen LogP contribution < -0.4 is 4.90 Å². The maximum absolute atomic E-state index is 5.00. The van der Waals surface area contributed by atoms with Crippen LogP contribution >= 0.6 is 0 Å². The smallest absolute Gasteiger partial charge is 0.137 e. The number of aromatic nitrogens is 1. The molecular formula is C51H32N2. The molecule has 2 heteroatoms. The molecule has 0 aliphatic heterocycles. The summed E-state index contributed by atoms with van der Waals surface area (Å²) in [5, 5.41) is 9.86. The average molecular weight is 673 g/mol. The molecular weight excluding hydrogens is 641 g/mol. The SMILES string of the molecule is c1ccc(-c2c3c(c(-c4ccccc4)c4ccccc24)-c2ccc(N(c4ccccn4)c4cc5ccccc5c5ccccc45)c4cccc-3c24)cc1. The molecule has 0 saturated carbocycles. The zero-order chi connectivity index (χ0) is 34.9. The third kappa shape index (κ3) is 4.43. The van der Waals surface area contributed by atoms with E-state index >= 15 is 0 Å². The minimum absolute atomic E-state index is 0.879. The van der Waals surface area contributed by atoms with Crippen molar-refractivity contribution in [3.05, 3.63) is 194 Å². The van der Waals surface area contributed by atoms with Crippen molar-refractivity contribution < 1.29 is 0 Å². The molecule has 1 aromatic heterocycles. The zero-order valence-electron chi connectivity index (χ0n) is 28.9. The third-order valence-corrected chi connectivity index (χ3v) is 11.0. The maximum Gasteiger partial charge on any atom is 0.137 e. The Morgan fingerprint density at radius 1 is 0.340 bits per heavy atom. The highest BCUT2D eigenvalue weighted by molar-refractivity contribution is 6.29. The van der Waals surface area contributed by atoms with Crippen LogP contribution in [0.5, 0.6) is 0 Å². The summed E-state index contributed by atoms with van der Waals surface area (Å²) in [6.07, 6.45) is 1.89. The molecule has 9 aromatic carbocycles. The van der Waals surface area contributed by atoms with Crippen molar-refractivity contribution in [3.8, 4) is 44.5 Å². The van der Waals surface area contributed by atoms with Crippen LogP contribution in [-0.2, 0) is 0 Å². The predicted octanol–water partition coefficient (Wildman–Crippen LogP) is 14.1. The van der Waals surface area contributed by atoms with E-state index < -0.39 is 0 Å². The van der Waals surface area contributed by atoms with Crippen LogP contribution in [0.3, 0.4) is 0 Å². The molecule has 0 N–H and O–H groups in total. The molecule has 2 nitrogen and oxygen atoms in total. The summed E-state index contributed by atoms with van der Waals surface area (Å²) in [5.41, 5.74) is 12.3. The third-order valence-electron chi connectivity index (χ3n) is 11.0. The van der Waals surface area contributed by atoms with Gasteiger partial charge in [0.15, 0.2) is 0 Å².